The molecular formula is C12H8BrFO. The molecular weight excluding hydrogens is 259 g/mol. The second-order valence-electron chi connectivity index (χ2n) is 3.17. The Morgan fingerprint density at radius 1 is 1.07 bits per heavy atom. The van der Waals surface area contributed by atoms with Crippen molar-refractivity contribution in [3.8, 4) is 16.9 Å². The summed E-state index contributed by atoms with van der Waals surface area (Å²) >= 11 is 3.34. The first-order valence-corrected chi connectivity index (χ1v) is 5.20. The minimum Gasteiger partial charge on any atom is -0.507 e. The lowest BCUT2D eigenvalue weighted by Crippen LogP contribution is -1.81. The fraction of sp³-hybridized carbons (Fsp3) is 0. The summed E-state index contributed by atoms with van der Waals surface area (Å²) in [5.41, 5.74) is 1.47. The lowest BCUT2D eigenvalue weighted by Gasteiger charge is -2.04. The highest BCUT2D eigenvalue weighted by Crippen LogP contribution is 2.30. The van der Waals surface area contributed by atoms with Crippen molar-refractivity contribution < 1.29 is 9.50 Å². The lowest BCUT2D eigenvalue weighted by molar-refractivity contribution is 0.471. The molecule has 3 heteroatoms. The summed E-state index contributed by atoms with van der Waals surface area (Å²) in [6.07, 6.45) is 0. The number of phenols is 1. The van der Waals surface area contributed by atoms with Gasteiger partial charge in [0.1, 0.15) is 11.6 Å². The van der Waals surface area contributed by atoms with Gasteiger partial charge in [0, 0.05) is 16.1 Å². The predicted molar refractivity (Wildman–Crippen MR) is 61.2 cm³/mol. The molecule has 0 aromatic heterocycles. The van der Waals surface area contributed by atoms with Crippen molar-refractivity contribution >= 4 is 15.9 Å². The van der Waals surface area contributed by atoms with Crippen molar-refractivity contribution in [3.05, 3.63) is 52.8 Å². The van der Waals surface area contributed by atoms with E-state index in [0.29, 0.717) is 5.56 Å². The van der Waals surface area contributed by atoms with Crippen LogP contribution in [0.5, 0.6) is 5.75 Å². The Balaban J connectivity index is 2.54. The average molecular weight is 267 g/mol. The van der Waals surface area contributed by atoms with Crippen LogP contribution in [0.4, 0.5) is 4.39 Å². The van der Waals surface area contributed by atoms with Crippen LogP contribution in [-0.2, 0) is 0 Å². The molecule has 15 heavy (non-hydrogen) atoms. The SMILES string of the molecule is Oc1cc(F)ccc1-c1cccc(Br)c1. The van der Waals surface area contributed by atoms with Crippen LogP contribution in [0.2, 0.25) is 0 Å². The maximum absolute atomic E-state index is 12.8. The standard InChI is InChI=1S/C12H8BrFO/c13-9-3-1-2-8(6-9)11-5-4-10(14)7-12(11)15/h1-7,15H. The van der Waals surface area contributed by atoms with Crippen LogP contribution in [0.3, 0.4) is 0 Å². The summed E-state index contributed by atoms with van der Waals surface area (Å²) in [7, 11) is 0. The van der Waals surface area contributed by atoms with Crippen molar-refractivity contribution in [2.24, 2.45) is 0 Å². The number of benzene rings is 2. The first kappa shape index (κ1) is 10.2. The number of phenolic OH excluding ortho intramolecular Hbond substituents is 1. The minimum atomic E-state index is -0.439. The van der Waals surface area contributed by atoms with E-state index in [4.69, 9.17) is 0 Å². The highest BCUT2D eigenvalue weighted by molar-refractivity contribution is 9.10. The molecule has 0 radical (unpaired) electrons. The monoisotopic (exact) mass is 266 g/mol. The number of rotatable bonds is 1. The molecule has 0 atom stereocenters. The summed E-state index contributed by atoms with van der Waals surface area (Å²) < 4.78 is 13.7. The van der Waals surface area contributed by atoms with Crippen LogP contribution in [-0.4, -0.2) is 5.11 Å². The summed E-state index contributed by atoms with van der Waals surface area (Å²) in [5.74, 6) is -0.487. The lowest BCUT2D eigenvalue weighted by atomic mass is 10.0. The zero-order valence-corrected chi connectivity index (χ0v) is 9.33. The van der Waals surface area contributed by atoms with Gasteiger partial charge in [-0.2, -0.15) is 0 Å². The molecule has 76 valence electrons. The maximum atomic E-state index is 12.8. The first-order chi connectivity index (χ1) is 7.16. The predicted octanol–water partition coefficient (Wildman–Crippen LogP) is 3.96. The summed E-state index contributed by atoms with van der Waals surface area (Å²) in [5, 5.41) is 9.58. The molecule has 2 rings (SSSR count). The van der Waals surface area contributed by atoms with Gasteiger partial charge in [0.25, 0.3) is 0 Å². The second-order valence-corrected chi connectivity index (χ2v) is 4.09. The maximum Gasteiger partial charge on any atom is 0.126 e. The Hall–Kier alpha value is -1.35. The van der Waals surface area contributed by atoms with E-state index in [1.807, 2.05) is 24.3 Å². The van der Waals surface area contributed by atoms with E-state index in [0.717, 1.165) is 16.1 Å². The van der Waals surface area contributed by atoms with Crippen molar-refractivity contribution in [1.29, 1.82) is 0 Å². The van der Waals surface area contributed by atoms with Gasteiger partial charge in [-0.15, -0.1) is 0 Å². The van der Waals surface area contributed by atoms with Gasteiger partial charge in [-0.25, -0.2) is 4.39 Å². The largest absolute Gasteiger partial charge is 0.507 e. The number of hydrogen-bond acceptors (Lipinski definition) is 1. The highest BCUT2D eigenvalue weighted by atomic mass is 79.9. The Kier molecular flexibility index (Phi) is 2.73. The molecule has 0 aliphatic carbocycles. The Morgan fingerprint density at radius 3 is 2.53 bits per heavy atom. The number of aromatic hydroxyl groups is 1. The van der Waals surface area contributed by atoms with Crippen LogP contribution in [0.15, 0.2) is 46.9 Å². The van der Waals surface area contributed by atoms with Gasteiger partial charge >= 0.3 is 0 Å². The van der Waals surface area contributed by atoms with Crippen LogP contribution in [0.1, 0.15) is 0 Å². The third kappa shape index (κ3) is 2.18. The zero-order valence-electron chi connectivity index (χ0n) is 7.74. The topological polar surface area (TPSA) is 20.2 Å². The van der Waals surface area contributed by atoms with E-state index >= 15 is 0 Å². The fourth-order valence-electron chi connectivity index (χ4n) is 1.40. The molecule has 0 saturated heterocycles. The molecule has 0 aliphatic heterocycles. The van der Waals surface area contributed by atoms with Gasteiger partial charge in [-0.1, -0.05) is 28.1 Å². The van der Waals surface area contributed by atoms with E-state index < -0.39 is 5.82 Å². The quantitative estimate of drug-likeness (QED) is 0.829. The highest BCUT2D eigenvalue weighted by Gasteiger charge is 2.05. The number of hydrogen-bond donors (Lipinski definition) is 1. The fourth-order valence-corrected chi connectivity index (χ4v) is 1.80. The Bertz CT molecular complexity index is 497. The van der Waals surface area contributed by atoms with Crippen molar-refractivity contribution in [3.63, 3.8) is 0 Å². The normalized spacial score (nSPS) is 10.3. The van der Waals surface area contributed by atoms with Gasteiger partial charge < -0.3 is 5.11 Å². The molecule has 0 bridgehead atoms. The molecule has 0 spiro atoms. The molecule has 2 aromatic carbocycles. The van der Waals surface area contributed by atoms with Gasteiger partial charge in [0.2, 0.25) is 0 Å². The van der Waals surface area contributed by atoms with E-state index in [2.05, 4.69) is 15.9 Å². The molecule has 0 fully saturated rings. The average Bonchev–Trinajstić information content (AvgIpc) is 2.17. The minimum absolute atomic E-state index is 0.0481. The second kappa shape index (κ2) is 4.03. The summed E-state index contributed by atoms with van der Waals surface area (Å²) in [6.45, 7) is 0. The van der Waals surface area contributed by atoms with Crippen molar-refractivity contribution in [2.75, 3.05) is 0 Å². The Morgan fingerprint density at radius 2 is 1.87 bits per heavy atom. The number of halogens is 2. The zero-order chi connectivity index (χ0) is 10.8. The van der Waals surface area contributed by atoms with Crippen LogP contribution in [0.25, 0.3) is 11.1 Å². The van der Waals surface area contributed by atoms with Crippen LogP contribution < -0.4 is 0 Å². The van der Waals surface area contributed by atoms with E-state index in [1.165, 1.54) is 6.07 Å². The smallest absolute Gasteiger partial charge is 0.126 e. The third-order valence-electron chi connectivity index (χ3n) is 2.10. The molecule has 1 nitrogen and oxygen atoms in total. The van der Waals surface area contributed by atoms with Gasteiger partial charge in [0.05, 0.1) is 0 Å². The molecule has 1 N–H and O–H groups in total. The molecule has 0 aliphatic rings. The van der Waals surface area contributed by atoms with Gasteiger partial charge in [-0.05, 0) is 29.8 Å². The van der Waals surface area contributed by atoms with Crippen LogP contribution >= 0.6 is 15.9 Å². The molecule has 0 saturated carbocycles. The van der Waals surface area contributed by atoms with Gasteiger partial charge in [-0.3, -0.25) is 0 Å². The van der Waals surface area contributed by atoms with Crippen LogP contribution in [0, 0.1) is 5.82 Å². The van der Waals surface area contributed by atoms with E-state index in [-0.39, 0.29) is 5.75 Å². The summed E-state index contributed by atoms with van der Waals surface area (Å²) in [4.78, 5) is 0. The molecule has 2 aromatic rings. The first-order valence-electron chi connectivity index (χ1n) is 4.41. The van der Waals surface area contributed by atoms with Crippen molar-refractivity contribution in [2.45, 2.75) is 0 Å². The van der Waals surface area contributed by atoms with Crippen molar-refractivity contribution in [1.82, 2.24) is 0 Å². The van der Waals surface area contributed by atoms with E-state index in [1.54, 1.807) is 6.07 Å². The summed E-state index contributed by atoms with van der Waals surface area (Å²) in [6, 6.07) is 11.5. The third-order valence-corrected chi connectivity index (χ3v) is 2.59. The van der Waals surface area contributed by atoms with Gasteiger partial charge in [0.15, 0.2) is 0 Å². The molecule has 0 unspecified atom stereocenters. The van der Waals surface area contributed by atoms with E-state index in [9.17, 15) is 9.50 Å². The Labute approximate surface area is 95.3 Å². The molecule has 0 heterocycles. The molecule has 0 amide bonds.